The SMILES string of the molecule is CC(C)[Si](Cl)(C(C)C)C(C)C.Cc1cnc2[nH]ccc2c1I.Cc1cnc2c(ccn2[Si](C(C)C)(C(C)C)C(C)C)c1I. The molecule has 0 saturated heterocycles. The molecule has 240 valence electrons. The average Bonchev–Trinajstić information content (AvgIpc) is 3.56. The summed E-state index contributed by atoms with van der Waals surface area (Å²) in [5.74, 6) is 0. The summed E-state index contributed by atoms with van der Waals surface area (Å²) in [5.41, 5.74) is 8.78. The molecule has 4 aromatic rings. The fourth-order valence-electron chi connectivity index (χ4n) is 7.38. The number of nitrogens with one attached hydrogen (secondary N) is 1. The van der Waals surface area contributed by atoms with Gasteiger partial charge >= 0.3 is 0 Å². The number of aromatic amines is 1. The van der Waals surface area contributed by atoms with Crippen LogP contribution in [0.3, 0.4) is 0 Å². The highest BCUT2D eigenvalue weighted by molar-refractivity contribution is 14.1. The van der Waals surface area contributed by atoms with Crippen molar-refractivity contribution in [1.82, 2.24) is 19.2 Å². The highest BCUT2D eigenvalue weighted by Crippen LogP contribution is 2.45. The maximum absolute atomic E-state index is 6.68. The Labute approximate surface area is 296 Å². The second-order valence-corrected chi connectivity index (χ2v) is 28.8. The second-order valence-electron chi connectivity index (χ2n) is 13.8. The van der Waals surface area contributed by atoms with Gasteiger partial charge in [-0.3, -0.25) is 0 Å². The molecular weight excluding hydrogens is 810 g/mol. The lowest BCUT2D eigenvalue weighted by Gasteiger charge is -2.44. The summed E-state index contributed by atoms with van der Waals surface area (Å²) in [6, 6.07) is 4.32. The highest BCUT2D eigenvalue weighted by Gasteiger charge is 2.46. The van der Waals surface area contributed by atoms with E-state index in [-0.39, 0.29) is 0 Å². The summed E-state index contributed by atoms with van der Waals surface area (Å²) in [6.07, 6.45) is 8.14. The smallest absolute Gasteiger partial charge is 0.171 e. The maximum atomic E-state index is 6.68. The van der Waals surface area contributed by atoms with Crippen LogP contribution in [0.5, 0.6) is 0 Å². The predicted molar refractivity (Wildman–Crippen MR) is 214 cm³/mol. The van der Waals surface area contributed by atoms with E-state index < -0.39 is 15.6 Å². The third-order valence-electron chi connectivity index (χ3n) is 9.36. The fourth-order valence-corrected chi connectivity index (χ4v) is 19.1. The van der Waals surface area contributed by atoms with E-state index in [2.05, 4.69) is 175 Å². The van der Waals surface area contributed by atoms with Crippen LogP contribution in [0.2, 0.25) is 33.2 Å². The molecule has 0 fully saturated rings. The quantitative estimate of drug-likeness (QED) is 0.114. The lowest BCUT2D eigenvalue weighted by Crippen LogP contribution is -2.51. The Kier molecular flexibility index (Phi) is 14.3. The van der Waals surface area contributed by atoms with Gasteiger partial charge in [0.1, 0.15) is 11.3 Å². The summed E-state index contributed by atoms with van der Waals surface area (Å²) in [5, 5.41) is 2.53. The van der Waals surface area contributed by atoms with Crippen molar-refractivity contribution in [3.8, 4) is 0 Å². The highest BCUT2D eigenvalue weighted by atomic mass is 127. The number of pyridine rings is 2. The van der Waals surface area contributed by atoms with Crippen molar-refractivity contribution >= 4 is 93.9 Å². The number of halogens is 3. The lowest BCUT2D eigenvalue weighted by atomic mass is 10.2. The van der Waals surface area contributed by atoms with Gasteiger partial charge in [-0.15, -0.1) is 0 Å². The molecule has 0 aliphatic carbocycles. The number of nitrogens with zero attached hydrogens (tertiary/aromatic N) is 3. The Morgan fingerprint density at radius 2 is 1.12 bits per heavy atom. The zero-order valence-corrected chi connectivity index (χ0v) is 36.0. The lowest BCUT2D eigenvalue weighted by molar-refractivity contribution is 0.770. The molecule has 4 aromatic heterocycles. The summed E-state index contributed by atoms with van der Waals surface area (Å²) in [4.78, 5) is 12.1. The van der Waals surface area contributed by atoms with E-state index in [9.17, 15) is 0 Å². The van der Waals surface area contributed by atoms with Gasteiger partial charge in [-0.1, -0.05) is 83.1 Å². The predicted octanol–water partition coefficient (Wildman–Crippen LogP) is 12.8. The van der Waals surface area contributed by atoms with Gasteiger partial charge in [0.25, 0.3) is 0 Å². The number of H-pyrrole nitrogens is 1. The first-order chi connectivity index (χ1) is 19.9. The van der Waals surface area contributed by atoms with Gasteiger partial charge in [0.2, 0.25) is 0 Å². The van der Waals surface area contributed by atoms with Crippen LogP contribution in [0.4, 0.5) is 0 Å². The first-order valence-corrected chi connectivity index (χ1v) is 23.3. The minimum atomic E-state index is -1.71. The molecular formula is C34H55ClI2N4Si2. The standard InChI is InChI=1S/C17H27IN2Si.C9H21ClSi.C8H7IN2/c1-11(2)21(12(3)4,13(5)6)20-9-8-15-16(18)14(7)10-19-17(15)20;1-7(2)11(10,8(3)4)9(5)6;1-5-4-11-8-6(7(5)9)2-3-10-8/h8-13H,1-7H3;7-9H,1-6H3;2-4H,1H3,(H,10,11). The molecule has 4 nitrogen and oxygen atoms in total. The Morgan fingerprint density at radius 3 is 1.53 bits per heavy atom. The number of fused-ring (bicyclic) bond motifs is 2. The molecule has 0 aromatic carbocycles. The molecule has 0 unspecified atom stereocenters. The van der Waals surface area contributed by atoms with Gasteiger partial charge in [-0.2, -0.15) is 11.1 Å². The minimum absolute atomic E-state index is 0.684. The Bertz CT molecular complexity index is 1430. The van der Waals surface area contributed by atoms with Crippen LogP contribution in [-0.4, -0.2) is 34.8 Å². The van der Waals surface area contributed by atoms with E-state index >= 15 is 0 Å². The van der Waals surface area contributed by atoms with Crippen molar-refractivity contribution < 1.29 is 0 Å². The fraction of sp³-hybridized carbons (Fsp3) is 0.588. The first kappa shape index (κ1) is 38.7. The van der Waals surface area contributed by atoms with Crippen LogP contribution in [-0.2, 0) is 0 Å². The third-order valence-corrected chi connectivity index (χ3v) is 28.2. The average molecular weight is 865 g/mol. The van der Waals surface area contributed by atoms with Gasteiger partial charge in [0.05, 0.1) is 0 Å². The Hall–Kier alpha value is -0.436. The van der Waals surface area contributed by atoms with E-state index in [1.54, 1.807) is 0 Å². The van der Waals surface area contributed by atoms with Crippen molar-refractivity contribution in [2.45, 2.75) is 130 Å². The van der Waals surface area contributed by atoms with E-state index in [0.717, 1.165) is 5.65 Å². The Balaban J connectivity index is 0.000000247. The molecule has 0 bridgehead atoms. The molecule has 0 saturated carbocycles. The van der Waals surface area contributed by atoms with Gasteiger partial charge in [0.15, 0.2) is 15.6 Å². The minimum Gasteiger partial charge on any atom is -0.359 e. The maximum Gasteiger partial charge on any atom is 0.171 e. The van der Waals surface area contributed by atoms with Crippen LogP contribution in [0.25, 0.3) is 22.1 Å². The summed E-state index contributed by atoms with van der Waals surface area (Å²) in [6.45, 7) is 32.2. The second kappa shape index (κ2) is 15.9. The van der Waals surface area contributed by atoms with Gasteiger partial charge in [0, 0.05) is 36.5 Å². The largest absolute Gasteiger partial charge is 0.359 e. The molecule has 0 aliphatic rings. The molecule has 0 aliphatic heterocycles. The molecule has 4 heterocycles. The summed E-state index contributed by atoms with van der Waals surface area (Å²) >= 11 is 11.5. The molecule has 0 radical (unpaired) electrons. The van der Waals surface area contributed by atoms with Gasteiger partial charge < -0.3 is 9.22 Å². The number of hydrogen-bond acceptors (Lipinski definition) is 2. The van der Waals surface area contributed by atoms with Crippen molar-refractivity contribution in [3.63, 3.8) is 0 Å². The summed E-state index contributed by atoms with van der Waals surface area (Å²) < 4.78 is 5.22. The van der Waals surface area contributed by atoms with E-state index in [1.807, 2.05) is 18.6 Å². The Morgan fingerprint density at radius 1 is 0.674 bits per heavy atom. The van der Waals surface area contributed by atoms with Crippen molar-refractivity contribution in [2.75, 3.05) is 0 Å². The van der Waals surface area contributed by atoms with Gasteiger partial charge in [-0.25, -0.2) is 9.97 Å². The molecule has 4 rings (SSSR count). The van der Waals surface area contributed by atoms with E-state index in [4.69, 9.17) is 16.1 Å². The van der Waals surface area contributed by atoms with Crippen LogP contribution < -0.4 is 0 Å². The van der Waals surface area contributed by atoms with Crippen molar-refractivity contribution in [3.05, 3.63) is 55.2 Å². The number of aryl methyl sites for hydroxylation is 2. The zero-order valence-electron chi connectivity index (χ0n) is 28.9. The number of hydrogen-bond donors (Lipinski definition) is 1. The van der Waals surface area contributed by atoms with Crippen LogP contribution in [0, 0.1) is 21.0 Å². The normalized spacial score (nSPS) is 12.6. The van der Waals surface area contributed by atoms with Crippen molar-refractivity contribution in [2.24, 2.45) is 0 Å². The van der Waals surface area contributed by atoms with E-state index in [1.165, 1.54) is 34.7 Å². The zero-order chi connectivity index (χ0) is 33.0. The summed E-state index contributed by atoms with van der Waals surface area (Å²) in [7, 11) is -3.21. The molecule has 0 atom stereocenters. The number of rotatable bonds is 7. The molecule has 0 amide bonds. The number of aromatic nitrogens is 4. The molecule has 9 heteroatoms. The third kappa shape index (κ3) is 7.93. The van der Waals surface area contributed by atoms with Crippen LogP contribution >= 0.6 is 56.3 Å². The van der Waals surface area contributed by atoms with Crippen molar-refractivity contribution in [1.29, 1.82) is 0 Å². The van der Waals surface area contributed by atoms with E-state index in [0.29, 0.717) is 33.2 Å². The molecule has 0 spiro atoms. The molecule has 43 heavy (non-hydrogen) atoms. The van der Waals surface area contributed by atoms with Crippen LogP contribution in [0.1, 0.15) is 94.2 Å². The molecule has 1 N–H and O–H groups in total. The van der Waals surface area contributed by atoms with Gasteiger partial charge in [-0.05, 0) is 122 Å². The first-order valence-electron chi connectivity index (χ1n) is 15.8. The van der Waals surface area contributed by atoms with Crippen LogP contribution in [0.15, 0.2) is 36.9 Å². The monoisotopic (exact) mass is 864 g/mol. The topological polar surface area (TPSA) is 46.5 Å².